The summed E-state index contributed by atoms with van der Waals surface area (Å²) in [5, 5.41) is 3.26. The normalized spacial score (nSPS) is 10.5. The number of rotatable bonds is 4. The molecule has 0 bridgehead atoms. The molecule has 0 fully saturated rings. The van der Waals surface area contributed by atoms with Gasteiger partial charge in [0, 0.05) is 30.2 Å². The van der Waals surface area contributed by atoms with Crippen molar-refractivity contribution in [2.45, 2.75) is 4.90 Å². The SMILES string of the molecule is CN(C)C(=O)Sc1ccc(NC(=O)c2ccc(-c3ccccc3Cl)o2)cc1. The van der Waals surface area contributed by atoms with Crippen LogP contribution in [0.3, 0.4) is 0 Å². The Morgan fingerprint density at radius 3 is 2.37 bits per heavy atom. The Morgan fingerprint density at radius 2 is 1.70 bits per heavy atom. The highest BCUT2D eigenvalue weighted by molar-refractivity contribution is 8.13. The molecule has 0 saturated carbocycles. The van der Waals surface area contributed by atoms with Crippen molar-refractivity contribution in [3.8, 4) is 11.3 Å². The molecule has 1 aromatic heterocycles. The van der Waals surface area contributed by atoms with Crippen molar-refractivity contribution in [1.29, 1.82) is 0 Å². The standard InChI is InChI=1S/C20H17ClN2O3S/c1-23(2)20(25)27-14-9-7-13(8-10-14)22-19(24)18-12-11-17(26-18)15-5-3-4-6-16(15)21/h3-12H,1-2H3,(H,22,24). The highest BCUT2D eigenvalue weighted by Crippen LogP contribution is 2.29. The van der Waals surface area contributed by atoms with E-state index in [2.05, 4.69) is 5.32 Å². The summed E-state index contributed by atoms with van der Waals surface area (Å²) in [4.78, 5) is 26.4. The van der Waals surface area contributed by atoms with E-state index in [0.29, 0.717) is 16.5 Å². The molecule has 0 radical (unpaired) electrons. The Morgan fingerprint density at radius 1 is 1.00 bits per heavy atom. The molecule has 3 rings (SSSR count). The van der Waals surface area contributed by atoms with E-state index in [9.17, 15) is 9.59 Å². The molecule has 0 aliphatic carbocycles. The van der Waals surface area contributed by atoms with E-state index < -0.39 is 0 Å². The van der Waals surface area contributed by atoms with Gasteiger partial charge in [0.05, 0.1) is 5.02 Å². The Hall–Kier alpha value is -2.70. The summed E-state index contributed by atoms with van der Waals surface area (Å²) >= 11 is 7.28. The molecule has 2 amide bonds. The molecule has 138 valence electrons. The molecule has 0 aliphatic heterocycles. The average Bonchev–Trinajstić information content (AvgIpc) is 3.13. The molecular weight excluding hydrogens is 384 g/mol. The van der Waals surface area contributed by atoms with Crippen LogP contribution in [0.15, 0.2) is 70.0 Å². The number of amides is 2. The molecule has 3 aromatic rings. The zero-order valence-corrected chi connectivity index (χ0v) is 16.3. The molecule has 7 heteroatoms. The minimum Gasteiger partial charge on any atom is -0.451 e. The molecule has 0 aliphatic rings. The van der Waals surface area contributed by atoms with Gasteiger partial charge in [-0.15, -0.1) is 0 Å². The Bertz CT molecular complexity index is 967. The fourth-order valence-electron chi connectivity index (χ4n) is 2.26. The highest BCUT2D eigenvalue weighted by Gasteiger charge is 2.14. The van der Waals surface area contributed by atoms with Crippen LogP contribution in [-0.4, -0.2) is 30.1 Å². The van der Waals surface area contributed by atoms with Gasteiger partial charge in [0.2, 0.25) is 0 Å². The Kier molecular flexibility index (Phi) is 5.88. The molecule has 0 saturated heterocycles. The van der Waals surface area contributed by atoms with Crippen LogP contribution in [0, 0.1) is 0 Å². The van der Waals surface area contributed by atoms with E-state index >= 15 is 0 Å². The molecule has 1 N–H and O–H groups in total. The second kappa shape index (κ2) is 8.33. The quantitative estimate of drug-likeness (QED) is 0.577. The van der Waals surface area contributed by atoms with Crippen LogP contribution in [0.5, 0.6) is 0 Å². The van der Waals surface area contributed by atoms with Crippen molar-refractivity contribution in [1.82, 2.24) is 4.90 Å². The molecule has 1 heterocycles. The summed E-state index contributed by atoms with van der Waals surface area (Å²) in [6, 6.07) is 17.6. The molecule has 27 heavy (non-hydrogen) atoms. The van der Waals surface area contributed by atoms with E-state index in [1.807, 2.05) is 18.2 Å². The number of benzene rings is 2. The Labute approximate surface area is 166 Å². The third kappa shape index (κ3) is 4.72. The van der Waals surface area contributed by atoms with E-state index in [1.165, 1.54) is 4.90 Å². The number of carbonyl (C=O) groups excluding carboxylic acids is 2. The van der Waals surface area contributed by atoms with Gasteiger partial charge in [0.15, 0.2) is 5.76 Å². The van der Waals surface area contributed by atoms with Crippen LogP contribution in [0.1, 0.15) is 10.6 Å². The molecule has 2 aromatic carbocycles. The lowest BCUT2D eigenvalue weighted by molar-refractivity contribution is 0.0997. The predicted molar refractivity (Wildman–Crippen MR) is 108 cm³/mol. The summed E-state index contributed by atoms with van der Waals surface area (Å²) in [6.45, 7) is 0. The van der Waals surface area contributed by atoms with Gasteiger partial charge in [0.1, 0.15) is 5.76 Å². The summed E-state index contributed by atoms with van der Waals surface area (Å²) in [5.41, 5.74) is 1.34. The molecule has 0 atom stereocenters. The van der Waals surface area contributed by atoms with Crippen LogP contribution < -0.4 is 5.32 Å². The monoisotopic (exact) mass is 400 g/mol. The topological polar surface area (TPSA) is 62.6 Å². The number of halogens is 1. The maximum Gasteiger partial charge on any atom is 0.291 e. The smallest absolute Gasteiger partial charge is 0.291 e. The van der Waals surface area contributed by atoms with Crippen LogP contribution in [0.25, 0.3) is 11.3 Å². The van der Waals surface area contributed by atoms with Gasteiger partial charge in [-0.25, -0.2) is 0 Å². The molecule has 5 nitrogen and oxygen atoms in total. The minimum absolute atomic E-state index is 0.0607. The average molecular weight is 401 g/mol. The zero-order chi connectivity index (χ0) is 19.4. The predicted octanol–water partition coefficient (Wildman–Crippen LogP) is 5.63. The lowest BCUT2D eigenvalue weighted by Gasteiger charge is -2.09. The van der Waals surface area contributed by atoms with E-state index in [1.54, 1.807) is 56.6 Å². The second-order valence-corrected chi connectivity index (χ2v) is 7.32. The second-order valence-electron chi connectivity index (χ2n) is 5.88. The van der Waals surface area contributed by atoms with Crippen molar-refractivity contribution in [3.63, 3.8) is 0 Å². The van der Waals surface area contributed by atoms with Gasteiger partial charge in [-0.1, -0.05) is 23.7 Å². The summed E-state index contributed by atoms with van der Waals surface area (Å²) in [6.07, 6.45) is 0. The van der Waals surface area contributed by atoms with Gasteiger partial charge >= 0.3 is 0 Å². The number of hydrogen-bond acceptors (Lipinski definition) is 4. The lowest BCUT2D eigenvalue weighted by Crippen LogP contribution is -2.16. The molecular formula is C20H17ClN2O3S. The minimum atomic E-state index is -0.363. The number of hydrogen-bond donors (Lipinski definition) is 1. The van der Waals surface area contributed by atoms with Crippen molar-refractivity contribution in [2.75, 3.05) is 19.4 Å². The maximum atomic E-state index is 12.4. The fraction of sp³-hybridized carbons (Fsp3) is 0.100. The van der Waals surface area contributed by atoms with Crippen LogP contribution >= 0.6 is 23.4 Å². The number of thioether (sulfide) groups is 1. The zero-order valence-electron chi connectivity index (χ0n) is 14.7. The number of carbonyl (C=O) groups is 2. The highest BCUT2D eigenvalue weighted by atomic mass is 35.5. The van der Waals surface area contributed by atoms with Crippen LogP contribution in [0.2, 0.25) is 5.02 Å². The van der Waals surface area contributed by atoms with Gasteiger partial charge in [-0.3, -0.25) is 9.59 Å². The third-order valence-corrected chi connectivity index (χ3v) is 5.03. The summed E-state index contributed by atoms with van der Waals surface area (Å²) < 4.78 is 5.64. The van der Waals surface area contributed by atoms with Crippen molar-refractivity contribution >= 4 is 40.2 Å². The number of nitrogens with zero attached hydrogens (tertiary/aromatic N) is 1. The Balaban J connectivity index is 1.67. The van der Waals surface area contributed by atoms with Gasteiger partial charge < -0.3 is 14.6 Å². The summed E-state index contributed by atoms with van der Waals surface area (Å²) in [5.74, 6) is 0.351. The first-order chi connectivity index (χ1) is 12.9. The maximum absolute atomic E-state index is 12.4. The van der Waals surface area contributed by atoms with Crippen molar-refractivity contribution < 1.29 is 14.0 Å². The van der Waals surface area contributed by atoms with E-state index in [4.69, 9.17) is 16.0 Å². The fourth-order valence-corrected chi connectivity index (χ4v) is 3.14. The third-order valence-electron chi connectivity index (χ3n) is 3.65. The lowest BCUT2D eigenvalue weighted by atomic mass is 10.2. The number of furan rings is 1. The largest absolute Gasteiger partial charge is 0.451 e. The van der Waals surface area contributed by atoms with E-state index in [0.717, 1.165) is 22.2 Å². The first kappa shape index (κ1) is 19.1. The van der Waals surface area contributed by atoms with Crippen LogP contribution in [-0.2, 0) is 0 Å². The van der Waals surface area contributed by atoms with Crippen LogP contribution in [0.4, 0.5) is 10.5 Å². The first-order valence-corrected chi connectivity index (χ1v) is 9.29. The summed E-state index contributed by atoms with van der Waals surface area (Å²) in [7, 11) is 3.40. The first-order valence-electron chi connectivity index (χ1n) is 8.09. The molecule has 0 spiro atoms. The number of nitrogens with one attached hydrogen (secondary N) is 1. The number of anilines is 1. The van der Waals surface area contributed by atoms with Crippen molar-refractivity contribution in [3.05, 3.63) is 71.4 Å². The van der Waals surface area contributed by atoms with E-state index in [-0.39, 0.29) is 16.9 Å². The van der Waals surface area contributed by atoms with Crippen molar-refractivity contribution in [2.24, 2.45) is 0 Å². The van der Waals surface area contributed by atoms with Gasteiger partial charge in [-0.05, 0) is 60.3 Å². The molecule has 0 unspecified atom stereocenters. The van der Waals surface area contributed by atoms with Gasteiger partial charge in [0.25, 0.3) is 11.1 Å². The van der Waals surface area contributed by atoms with Gasteiger partial charge in [-0.2, -0.15) is 0 Å².